The zero-order valence-corrected chi connectivity index (χ0v) is 16.7. The number of carbonyl (C=O) groups excluding carboxylic acids is 2. The van der Waals surface area contributed by atoms with Crippen LogP contribution in [0, 0.1) is 0 Å². The average Bonchev–Trinajstić information content (AvgIpc) is 2.61. The molecule has 0 N–H and O–H groups in total. The van der Waals surface area contributed by atoms with Crippen LogP contribution in [-0.4, -0.2) is 11.9 Å². The van der Waals surface area contributed by atoms with E-state index in [2.05, 4.69) is 20.1 Å². The summed E-state index contributed by atoms with van der Waals surface area (Å²) in [6.45, 7) is 12.6. The predicted molar refractivity (Wildman–Crippen MR) is 111 cm³/mol. The summed E-state index contributed by atoms with van der Waals surface area (Å²) in [4.78, 5) is 22.5. The topological polar surface area (TPSA) is 52.6 Å². The molecule has 4 nitrogen and oxygen atoms in total. The molecule has 0 fully saturated rings. The molecule has 0 heterocycles. The Bertz CT molecular complexity index is 822. The fourth-order valence-corrected chi connectivity index (χ4v) is 3.30. The molecule has 0 spiro atoms. The molecule has 0 unspecified atom stereocenters. The van der Waals surface area contributed by atoms with Crippen LogP contribution in [0.15, 0.2) is 61.7 Å². The molecule has 0 aromatic heterocycles. The summed E-state index contributed by atoms with van der Waals surface area (Å²) < 4.78 is 10.4. The van der Waals surface area contributed by atoms with Gasteiger partial charge in [0.05, 0.1) is 0 Å². The zero-order chi connectivity index (χ0) is 20.7. The van der Waals surface area contributed by atoms with Crippen LogP contribution in [0.2, 0.25) is 0 Å². The molecule has 0 bridgehead atoms. The first-order valence-electron chi connectivity index (χ1n) is 9.20. The first-order chi connectivity index (χ1) is 13.3. The van der Waals surface area contributed by atoms with Crippen LogP contribution in [0.25, 0.3) is 0 Å². The summed E-state index contributed by atoms with van der Waals surface area (Å²) in [5.41, 5.74) is 4.35. The Kier molecular flexibility index (Phi) is 7.33. The van der Waals surface area contributed by atoms with E-state index in [0.717, 1.165) is 22.3 Å². The summed E-state index contributed by atoms with van der Waals surface area (Å²) in [5.74, 6) is 0.440. The molecule has 2 rings (SSSR count). The number of allylic oxidation sites excluding steroid dienone is 2. The lowest BCUT2D eigenvalue weighted by Gasteiger charge is -2.21. The normalized spacial score (nSPS) is 10.4. The van der Waals surface area contributed by atoms with Gasteiger partial charge in [0.25, 0.3) is 0 Å². The molecule has 0 amide bonds. The molecule has 0 saturated carbocycles. The quantitative estimate of drug-likeness (QED) is 0.362. The molecule has 0 atom stereocenters. The van der Waals surface area contributed by atoms with Crippen LogP contribution in [0.3, 0.4) is 0 Å². The molecular weight excluding hydrogens is 352 g/mol. The summed E-state index contributed by atoms with van der Waals surface area (Å²) >= 11 is 0. The van der Waals surface area contributed by atoms with Gasteiger partial charge in [-0.1, -0.05) is 31.2 Å². The molecule has 0 aliphatic carbocycles. The monoisotopic (exact) mass is 378 g/mol. The number of rotatable bonds is 8. The van der Waals surface area contributed by atoms with Crippen LogP contribution >= 0.6 is 0 Å². The maximum Gasteiger partial charge on any atom is 0.308 e. The average molecular weight is 378 g/mol. The van der Waals surface area contributed by atoms with E-state index in [1.54, 1.807) is 12.1 Å². The summed E-state index contributed by atoms with van der Waals surface area (Å²) in [5, 5.41) is 0. The van der Waals surface area contributed by atoms with Crippen molar-refractivity contribution in [3.63, 3.8) is 0 Å². The molecule has 0 aliphatic heterocycles. The molecule has 28 heavy (non-hydrogen) atoms. The number of hydrogen-bond donors (Lipinski definition) is 0. The van der Waals surface area contributed by atoms with E-state index in [1.165, 1.54) is 13.8 Å². The van der Waals surface area contributed by atoms with E-state index in [-0.39, 0.29) is 17.9 Å². The van der Waals surface area contributed by atoms with Gasteiger partial charge in [-0.05, 0) is 59.4 Å². The zero-order valence-electron chi connectivity index (χ0n) is 16.7. The van der Waals surface area contributed by atoms with Gasteiger partial charge < -0.3 is 9.47 Å². The van der Waals surface area contributed by atoms with Crippen LogP contribution in [-0.2, 0) is 22.4 Å². The highest BCUT2D eigenvalue weighted by Crippen LogP contribution is 2.34. The Balaban J connectivity index is 2.47. The van der Waals surface area contributed by atoms with Gasteiger partial charge in [-0.15, -0.1) is 13.2 Å². The molecule has 2 aromatic rings. The Labute approximate surface area is 166 Å². The van der Waals surface area contributed by atoms with E-state index in [4.69, 9.17) is 9.47 Å². The molecular formula is C24H26O4. The fourth-order valence-electron chi connectivity index (χ4n) is 3.30. The molecule has 146 valence electrons. The SMILES string of the molecule is C=CCc1cc(OC(C)=O)ccc1C(C)c1ccc(OC(C)=O)cc1CC=C. The minimum absolute atomic E-state index is 0.0858. The van der Waals surface area contributed by atoms with Crippen molar-refractivity contribution in [3.05, 3.63) is 84.0 Å². The molecule has 0 radical (unpaired) electrons. The first-order valence-corrected chi connectivity index (χ1v) is 9.20. The molecule has 2 aromatic carbocycles. The largest absolute Gasteiger partial charge is 0.427 e. The van der Waals surface area contributed by atoms with Crippen molar-refractivity contribution >= 4 is 11.9 Å². The first kappa shape index (κ1) is 21.2. The predicted octanol–water partition coefficient (Wildman–Crippen LogP) is 5.15. The van der Waals surface area contributed by atoms with Crippen LogP contribution < -0.4 is 9.47 Å². The van der Waals surface area contributed by atoms with Gasteiger partial charge in [-0.3, -0.25) is 9.59 Å². The third-order valence-corrected chi connectivity index (χ3v) is 4.41. The van der Waals surface area contributed by atoms with Crippen LogP contribution in [0.1, 0.15) is 48.9 Å². The minimum atomic E-state index is -0.348. The lowest BCUT2D eigenvalue weighted by Crippen LogP contribution is -2.07. The maximum absolute atomic E-state index is 11.3. The van der Waals surface area contributed by atoms with Crippen molar-refractivity contribution in [1.82, 2.24) is 0 Å². The van der Waals surface area contributed by atoms with Crippen molar-refractivity contribution in [1.29, 1.82) is 0 Å². The van der Waals surface area contributed by atoms with Crippen molar-refractivity contribution in [2.45, 2.75) is 39.5 Å². The highest BCUT2D eigenvalue weighted by molar-refractivity contribution is 5.70. The van der Waals surface area contributed by atoms with Crippen LogP contribution in [0.4, 0.5) is 0 Å². The van der Waals surface area contributed by atoms with E-state index in [9.17, 15) is 9.59 Å². The van der Waals surface area contributed by atoms with Gasteiger partial charge in [-0.2, -0.15) is 0 Å². The molecule has 0 aliphatic rings. The summed E-state index contributed by atoms with van der Waals surface area (Å²) in [6.07, 6.45) is 4.99. The lowest BCUT2D eigenvalue weighted by molar-refractivity contribution is -0.132. The highest BCUT2D eigenvalue weighted by atomic mass is 16.5. The lowest BCUT2D eigenvalue weighted by atomic mass is 9.85. The number of hydrogen-bond acceptors (Lipinski definition) is 4. The highest BCUT2D eigenvalue weighted by Gasteiger charge is 2.17. The van der Waals surface area contributed by atoms with Crippen molar-refractivity contribution in [3.8, 4) is 11.5 Å². The second-order valence-corrected chi connectivity index (χ2v) is 6.62. The second-order valence-electron chi connectivity index (χ2n) is 6.62. The smallest absolute Gasteiger partial charge is 0.308 e. The van der Waals surface area contributed by atoms with E-state index >= 15 is 0 Å². The fraction of sp³-hybridized carbons (Fsp3) is 0.250. The number of benzene rings is 2. The van der Waals surface area contributed by atoms with Crippen molar-refractivity contribution < 1.29 is 19.1 Å². The van der Waals surface area contributed by atoms with Gasteiger partial charge in [0.2, 0.25) is 0 Å². The van der Waals surface area contributed by atoms with Gasteiger partial charge in [0.15, 0.2) is 0 Å². The van der Waals surface area contributed by atoms with Crippen molar-refractivity contribution in [2.75, 3.05) is 0 Å². The van der Waals surface area contributed by atoms with Gasteiger partial charge in [0, 0.05) is 19.8 Å². The third-order valence-electron chi connectivity index (χ3n) is 4.41. The van der Waals surface area contributed by atoms with Gasteiger partial charge in [0.1, 0.15) is 11.5 Å². The molecule has 4 heteroatoms. The Morgan fingerprint density at radius 2 is 1.25 bits per heavy atom. The number of carbonyl (C=O) groups is 2. The minimum Gasteiger partial charge on any atom is -0.427 e. The van der Waals surface area contributed by atoms with Gasteiger partial charge >= 0.3 is 11.9 Å². The van der Waals surface area contributed by atoms with E-state index in [1.807, 2.05) is 36.4 Å². The Morgan fingerprint density at radius 3 is 1.57 bits per heavy atom. The number of ether oxygens (including phenoxy) is 2. The van der Waals surface area contributed by atoms with Gasteiger partial charge in [-0.25, -0.2) is 0 Å². The standard InChI is InChI=1S/C24H26O4/c1-6-8-19-14-21(27-17(4)25)10-12-23(19)16(3)24-13-11-22(28-18(5)26)15-20(24)9-7-2/h6-7,10-16H,1-2,8-9H2,3-5H3. The summed E-state index contributed by atoms with van der Waals surface area (Å²) in [7, 11) is 0. The van der Waals surface area contributed by atoms with Crippen LogP contribution in [0.5, 0.6) is 11.5 Å². The Morgan fingerprint density at radius 1 is 0.857 bits per heavy atom. The van der Waals surface area contributed by atoms with E-state index < -0.39 is 0 Å². The van der Waals surface area contributed by atoms with E-state index in [0.29, 0.717) is 24.3 Å². The second kappa shape index (κ2) is 9.70. The maximum atomic E-state index is 11.3. The summed E-state index contributed by atoms with van der Waals surface area (Å²) in [6, 6.07) is 11.4. The van der Waals surface area contributed by atoms with Crippen molar-refractivity contribution in [2.24, 2.45) is 0 Å². The Hall–Kier alpha value is -3.14. The number of esters is 2. The third kappa shape index (κ3) is 5.43. The molecule has 0 saturated heterocycles.